The van der Waals surface area contributed by atoms with Gasteiger partial charge in [0.25, 0.3) is 0 Å². The Morgan fingerprint density at radius 3 is 2.60 bits per heavy atom. The fraction of sp³-hybridized carbons (Fsp3) is 0.389. The third kappa shape index (κ3) is 5.63. The molecule has 1 atom stereocenters. The van der Waals surface area contributed by atoms with Gasteiger partial charge in [-0.1, -0.05) is 0 Å². The van der Waals surface area contributed by atoms with Crippen molar-refractivity contribution in [3.63, 3.8) is 0 Å². The van der Waals surface area contributed by atoms with Crippen LogP contribution in [0.15, 0.2) is 34.9 Å². The minimum absolute atomic E-state index is 0.142. The van der Waals surface area contributed by atoms with E-state index in [2.05, 4.69) is 15.0 Å². The number of esters is 1. The van der Waals surface area contributed by atoms with Crippen LogP contribution in [0.2, 0.25) is 0 Å². The van der Waals surface area contributed by atoms with Crippen molar-refractivity contribution in [2.45, 2.75) is 32.2 Å². The molecule has 134 valence electrons. The highest BCUT2D eigenvalue weighted by atomic mass is 16.5. The molecule has 0 fully saturated rings. The summed E-state index contributed by atoms with van der Waals surface area (Å²) in [6.45, 7) is 1.75. The average Bonchev–Trinajstić information content (AvgIpc) is 3.08. The Balaban J connectivity index is 1.84. The molecular formula is C18H22N2O5. The molecule has 0 spiro atoms. The van der Waals surface area contributed by atoms with E-state index in [1.165, 1.54) is 7.11 Å². The van der Waals surface area contributed by atoms with Crippen LogP contribution in [0, 0.1) is 0 Å². The quantitative estimate of drug-likeness (QED) is 0.738. The number of nitrogens with one attached hydrogen (secondary N) is 1. The first-order chi connectivity index (χ1) is 12.0. The zero-order chi connectivity index (χ0) is 18.2. The van der Waals surface area contributed by atoms with Gasteiger partial charge in [0.15, 0.2) is 11.7 Å². The summed E-state index contributed by atoms with van der Waals surface area (Å²) in [6, 6.07) is 7.16. The number of oxazole rings is 1. The SMILES string of the molecule is COC(=O)C[C@@H](C)NC(=O)CCc1ncc(-c2ccc(OC)cc2)o1. The molecule has 1 aromatic carbocycles. The van der Waals surface area contributed by atoms with E-state index < -0.39 is 0 Å². The normalized spacial score (nSPS) is 11.6. The molecule has 0 bridgehead atoms. The van der Waals surface area contributed by atoms with Crippen molar-refractivity contribution in [3.05, 3.63) is 36.4 Å². The number of benzene rings is 1. The first-order valence-corrected chi connectivity index (χ1v) is 7.97. The summed E-state index contributed by atoms with van der Waals surface area (Å²) in [6.07, 6.45) is 2.39. The molecule has 0 aliphatic carbocycles. The lowest BCUT2D eigenvalue weighted by Gasteiger charge is -2.11. The maximum absolute atomic E-state index is 11.9. The van der Waals surface area contributed by atoms with Crippen molar-refractivity contribution in [1.29, 1.82) is 0 Å². The van der Waals surface area contributed by atoms with Crippen LogP contribution < -0.4 is 10.1 Å². The molecule has 1 heterocycles. The van der Waals surface area contributed by atoms with Gasteiger partial charge in [0, 0.05) is 24.4 Å². The molecule has 25 heavy (non-hydrogen) atoms. The Morgan fingerprint density at radius 2 is 1.96 bits per heavy atom. The van der Waals surface area contributed by atoms with E-state index in [0.717, 1.165) is 11.3 Å². The summed E-state index contributed by atoms with van der Waals surface area (Å²) >= 11 is 0. The third-order valence-electron chi connectivity index (χ3n) is 3.60. The third-order valence-corrected chi connectivity index (χ3v) is 3.60. The standard InChI is InChI=1S/C18H22N2O5/c1-12(10-18(22)24-3)20-16(21)8-9-17-19-11-15(25-17)13-4-6-14(23-2)7-5-13/h4-7,11-12H,8-10H2,1-3H3,(H,20,21)/t12-/m1/s1. The van der Waals surface area contributed by atoms with Crippen molar-refractivity contribution in [2.24, 2.45) is 0 Å². The van der Waals surface area contributed by atoms with E-state index in [0.29, 0.717) is 18.1 Å². The average molecular weight is 346 g/mol. The molecule has 0 aliphatic heterocycles. The molecule has 1 aromatic heterocycles. The topological polar surface area (TPSA) is 90.7 Å². The Morgan fingerprint density at radius 1 is 1.24 bits per heavy atom. The molecule has 2 aromatic rings. The van der Waals surface area contributed by atoms with E-state index in [1.54, 1.807) is 20.2 Å². The van der Waals surface area contributed by atoms with Crippen LogP contribution in [0.3, 0.4) is 0 Å². The molecular weight excluding hydrogens is 324 g/mol. The number of hydrogen-bond donors (Lipinski definition) is 1. The van der Waals surface area contributed by atoms with Gasteiger partial charge in [-0.05, 0) is 31.2 Å². The summed E-state index contributed by atoms with van der Waals surface area (Å²) in [5.41, 5.74) is 0.885. The summed E-state index contributed by atoms with van der Waals surface area (Å²) in [5, 5.41) is 2.74. The zero-order valence-electron chi connectivity index (χ0n) is 14.6. The maximum Gasteiger partial charge on any atom is 0.307 e. The van der Waals surface area contributed by atoms with Gasteiger partial charge in [-0.15, -0.1) is 0 Å². The Bertz CT molecular complexity index is 709. The first-order valence-electron chi connectivity index (χ1n) is 7.97. The van der Waals surface area contributed by atoms with Gasteiger partial charge in [-0.3, -0.25) is 9.59 Å². The van der Waals surface area contributed by atoms with Gasteiger partial charge < -0.3 is 19.2 Å². The molecule has 7 nitrogen and oxygen atoms in total. The van der Waals surface area contributed by atoms with Crippen LogP contribution in [0.25, 0.3) is 11.3 Å². The number of aryl methyl sites for hydroxylation is 1. The van der Waals surface area contributed by atoms with Gasteiger partial charge in [0.05, 0.1) is 26.8 Å². The van der Waals surface area contributed by atoms with Crippen LogP contribution in [0.1, 0.15) is 25.7 Å². The number of carbonyl (C=O) groups excluding carboxylic acids is 2. The second-order valence-electron chi connectivity index (χ2n) is 5.60. The van der Waals surface area contributed by atoms with Crippen LogP contribution in [-0.2, 0) is 20.7 Å². The van der Waals surface area contributed by atoms with Crippen LogP contribution in [-0.4, -0.2) is 37.1 Å². The molecule has 0 unspecified atom stereocenters. The zero-order valence-corrected chi connectivity index (χ0v) is 14.6. The molecule has 7 heteroatoms. The van der Waals surface area contributed by atoms with Crippen molar-refractivity contribution in [3.8, 4) is 17.1 Å². The first kappa shape index (κ1) is 18.5. The molecule has 0 saturated carbocycles. The number of aromatic nitrogens is 1. The van der Waals surface area contributed by atoms with Gasteiger partial charge in [-0.25, -0.2) is 4.98 Å². The summed E-state index contributed by atoms with van der Waals surface area (Å²) < 4.78 is 15.4. The molecule has 1 amide bonds. The summed E-state index contributed by atoms with van der Waals surface area (Å²) in [5.74, 6) is 1.37. The highest BCUT2D eigenvalue weighted by molar-refractivity contribution is 5.77. The molecule has 0 saturated heterocycles. The number of ether oxygens (including phenoxy) is 2. The van der Waals surface area contributed by atoms with Crippen molar-refractivity contribution >= 4 is 11.9 Å². The van der Waals surface area contributed by atoms with Crippen molar-refractivity contribution in [2.75, 3.05) is 14.2 Å². The summed E-state index contributed by atoms with van der Waals surface area (Å²) in [4.78, 5) is 27.2. The summed E-state index contributed by atoms with van der Waals surface area (Å²) in [7, 11) is 2.93. The number of rotatable bonds is 8. The Kier molecular flexibility index (Phi) is 6.56. The van der Waals surface area contributed by atoms with Crippen molar-refractivity contribution in [1.82, 2.24) is 10.3 Å². The van der Waals surface area contributed by atoms with Crippen molar-refractivity contribution < 1.29 is 23.5 Å². The Hall–Kier alpha value is -2.83. The lowest BCUT2D eigenvalue weighted by molar-refractivity contribution is -0.141. The number of amides is 1. The predicted octanol–water partition coefficient (Wildman–Crippen LogP) is 2.35. The second-order valence-corrected chi connectivity index (χ2v) is 5.60. The van der Waals surface area contributed by atoms with Gasteiger partial charge >= 0.3 is 5.97 Å². The predicted molar refractivity (Wildman–Crippen MR) is 91.0 cm³/mol. The number of nitrogens with zero attached hydrogens (tertiary/aromatic N) is 1. The van der Waals surface area contributed by atoms with E-state index in [-0.39, 0.29) is 30.8 Å². The largest absolute Gasteiger partial charge is 0.497 e. The fourth-order valence-electron chi connectivity index (χ4n) is 2.27. The maximum atomic E-state index is 11.9. The van der Waals surface area contributed by atoms with Crippen LogP contribution in [0.4, 0.5) is 0 Å². The Labute approximate surface area is 146 Å². The smallest absolute Gasteiger partial charge is 0.307 e. The van der Waals surface area contributed by atoms with Gasteiger partial charge in [-0.2, -0.15) is 0 Å². The van der Waals surface area contributed by atoms with E-state index in [9.17, 15) is 9.59 Å². The lowest BCUT2D eigenvalue weighted by atomic mass is 10.2. The van der Waals surface area contributed by atoms with E-state index in [4.69, 9.17) is 9.15 Å². The fourth-order valence-corrected chi connectivity index (χ4v) is 2.27. The minimum Gasteiger partial charge on any atom is -0.497 e. The highest BCUT2D eigenvalue weighted by Gasteiger charge is 2.13. The van der Waals surface area contributed by atoms with Gasteiger partial charge in [0.2, 0.25) is 5.91 Å². The van der Waals surface area contributed by atoms with Crippen LogP contribution >= 0.6 is 0 Å². The molecule has 0 aliphatic rings. The minimum atomic E-state index is -0.357. The number of methoxy groups -OCH3 is 2. The number of hydrogen-bond acceptors (Lipinski definition) is 6. The second kappa shape index (κ2) is 8.86. The lowest BCUT2D eigenvalue weighted by Crippen LogP contribution is -2.34. The molecule has 0 radical (unpaired) electrons. The van der Waals surface area contributed by atoms with Crippen LogP contribution in [0.5, 0.6) is 5.75 Å². The highest BCUT2D eigenvalue weighted by Crippen LogP contribution is 2.23. The van der Waals surface area contributed by atoms with E-state index >= 15 is 0 Å². The van der Waals surface area contributed by atoms with E-state index in [1.807, 2.05) is 24.3 Å². The number of carbonyl (C=O) groups is 2. The molecule has 1 N–H and O–H groups in total. The monoisotopic (exact) mass is 346 g/mol. The molecule has 2 rings (SSSR count). The van der Waals surface area contributed by atoms with Gasteiger partial charge in [0.1, 0.15) is 5.75 Å².